The van der Waals surface area contributed by atoms with Gasteiger partial charge in [-0.3, -0.25) is 14.5 Å². The smallest absolute Gasteiger partial charge is 0.236 e. The van der Waals surface area contributed by atoms with E-state index in [1.165, 1.54) is 0 Å². The topological polar surface area (TPSA) is 64.7 Å². The normalized spacial score (nSPS) is 25.4. The maximum absolute atomic E-state index is 11.9. The zero-order valence-electron chi connectivity index (χ0n) is 11.7. The van der Waals surface area contributed by atoms with Crippen LogP contribution < -0.4 is 10.6 Å². The molecule has 0 aliphatic carbocycles. The van der Waals surface area contributed by atoms with Crippen LogP contribution in [0.3, 0.4) is 0 Å². The molecule has 0 aromatic carbocycles. The van der Waals surface area contributed by atoms with Crippen LogP contribution in [0.25, 0.3) is 0 Å². The second-order valence-corrected chi connectivity index (χ2v) is 5.25. The van der Waals surface area contributed by atoms with Gasteiger partial charge in [-0.05, 0) is 26.3 Å². The number of hydrogen-bond acceptors (Lipinski definition) is 4. The quantitative estimate of drug-likeness (QED) is 0.688. The predicted octanol–water partition coefficient (Wildman–Crippen LogP) is -0.981. The maximum atomic E-state index is 11.9. The molecule has 6 heteroatoms. The van der Waals surface area contributed by atoms with E-state index in [4.69, 9.17) is 0 Å². The van der Waals surface area contributed by atoms with E-state index >= 15 is 0 Å². The third-order valence-electron chi connectivity index (χ3n) is 3.79. The Morgan fingerprint density at radius 2 is 2.32 bits per heavy atom. The first-order valence-corrected chi connectivity index (χ1v) is 7.20. The van der Waals surface area contributed by atoms with Gasteiger partial charge in [0.05, 0.1) is 13.1 Å². The van der Waals surface area contributed by atoms with E-state index in [9.17, 15) is 9.59 Å². The monoisotopic (exact) mass is 268 g/mol. The van der Waals surface area contributed by atoms with E-state index in [0.717, 1.165) is 39.0 Å². The Balaban J connectivity index is 1.85. The molecule has 2 aliphatic rings. The van der Waals surface area contributed by atoms with Crippen LogP contribution in [0.15, 0.2) is 0 Å². The van der Waals surface area contributed by atoms with Crippen molar-refractivity contribution < 1.29 is 9.59 Å². The number of piperazine rings is 1. The van der Waals surface area contributed by atoms with Gasteiger partial charge in [0, 0.05) is 32.2 Å². The van der Waals surface area contributed by atoms with Crippen molar-refractivity contribution in [3.05, 3.63) is 0 Å². The molecular weight excluding hydrogens is 244 g/mol. The SMILES string of the molecule is CCNC(=O)CN1CCCC(N2CCNCC2=O)C1. The highest BCUT2D eigenvalue weighted by Crippen LogP contribution is 2.16. The lowest BCUT2D eigenvalue weighted by Gasteiger charge is -2.40. The van der Waals surface area contributed by atoms with Crippen molar-refractivity contribution in [1.29, 1.82) is 0 Å². The number of carbonyl (C=O) groups is 2. The summed E-state index contributed by atoms with van der Waals surface area (Å²) in [4.78, 5) is 27.7. The first kappa shape index (κ1) is 14.3. The van der Waals surface area contributed by atoms with Crippen LogP contribution in [0, 0.1) is 0 Å². The Kier molecular flexibility index (Phi) is 5.15. The van der Waals surface area contributed by atoms with Crippen molar-refractivity contribution in [3.63, 3.8) is 0 Å². The summed E-state index contributed by atoms with van der Waals surface area (Å²) in [5, 5.41) is 5.92. The zero-order chi connectivity index (χ0) is 13.7. The molecule has 0 aromatic heterocycles. The number of rotatable bonds is 4. The fourth-order valence-electron chi connectivity index (χ4n) is 2.89. The number of nitrogens with one attached hydrogen (secondary N) is 2. The first-order chi connectivity index (χ1) is 9.20. The number of likely N-dealkylation sites (tertiary alicyclic amines) is 1. The summed E-state index contributed by atoms with van der Waals surface area (Å²) in [5.41, 5.74) is 0. The van der Waals surface area contributed by atoms with Crippen LogP contribution in [0.4, 0.5) is 0 Å². The van der Waals surface area contributed by atoms with E-state index in [-0.39, 0.29) is 17.9 Å². The minimum atomic E-state index is 0.0785. The highest BCUT2D eigenvalue weighted by Gasteiger charge is 2.30. The van der Waals surface area contributed by atoms with E-state index in [2.05, 4.69) is 15.5 Å². The molecule has 2 fully saturated rings. The van der Waals surface area contributed by atoms with Gasteiger partial charge in [-0.2, -0.15) is 0 Å². The molecule has 0 bridgehead atoms. The van der Waals surface area contributed by atoms with Gasteiger partial charge in [-0.1, -0.05) is 0 Å². The molecule has 1 unspecified atom stereocenters. The fourth-order valence-corrected chi connectivity index (χ4v) is 2.89. The highest BCUT2D eigenvalue weighted by molar-refractivity contribution is 5.79. The van der Waals surface area contributed by atoms with Crippen molar-refractivity contribution in [2.75, 3.05) is 45.8 Å². The largest absolute Gasteiger partial charge is 0.355 e. The second kappa shape index (κ2) is 6.86. The van der Waals surface area contributed by atoms with Gasteiger partial charge in [-0.25, -0.2) is 0 Å². The van der Waals surface area contributed by atoms with Crippen molar-refractivity contribution in [2.24, 2.45) is 0 Å². The molecule has 108 valence electrons. The Morgan fingerprint density at radius 1 is 1.47 bits per heavy atom. The zero-order valence-corrected chi connectivity index (χ0v) is 11.7. The van der Waals surface area contributed by atoms with Gasteiger partial charge in [0.1, 0.15) is 0 Å². The number of hydrogen-bond donors (Lipinski definition) is 2. The Bertz CT molecular complexity index is 335. The van der Waals surface area contributed by atoms with Crippen LogP contribution in [0.5, 0.6) is 0 Å². The molecule has 2 saturated heterocycles. The average molecular weight is 268 g/mol. The van der Waals surface area contributed by atoms with Crippen LogP contribution in [-0.2, 0) is 9.59 Å². The van der Waals surface area contributed by atoms with Crippen molar-refractivity contribution >= 4 is 11.8 Å². The Morgan fingerprint density at radius 3 is 3.05 bits per heavy atom. The van der Waals surface area contributed by atoms with Gasteiger partial charge in [-0.15, -0.1) is 0 Å². The summed E-state index contributed by atoms with van der Waals surface area (Å²) in [6, 6.07) is 0.276. The number of nitrogens with zero attached hydrogens (tertiary/aromatic N) is 2. The molecule has 1 atom stereocenters. The number of carbonyl (C=O) groups excluding carboxylic acids is 2. The standard InChI is InChI=1S/C13H24N4O2/c1-2-15-12(18)10-16-6-3-4-11(9-16)17-7-5-14-8-13(17)19/h11,14H,2-10H2,1H3,(H,15,18). The molecule has 0 radical (unpaired) electrons. The van der Waals surface area contributed by atoms with E-state index in [0.29, 0.717) is 19.6 Å². The van der Waals surface area contributed by atoms with Gasteiger partial charge < -0.3 is 15.5 Å². The lowest BCUT2D eigenvalue weighted by Crippen LogP contribution is -2.57. The summed E-state index contributed by atoms with van der Waals surface area (Å²) in [6.07, 6.45) is 2.11. The molecule has 19 heavy (non-hydrogen) atoms. The van der Waals surface area contributed by atoms with Crippen LogP contribution >= 0.6 is 0 Å². The first-order valence-electron chi connectivity index (χ1n) is 7.20. The molecule has 0 aromatic rings. The summed E-state index contributed by atoms with van der Waals surface area (Å²) in [5.74, 6) is 0.269. The molecule has 2 heterocycles. The van der Waals surface area contributed by atoms with E-state index < -0.39 is 0 Å². The lowest BCUT2D eigenvalue weighted by atomic mass is 10.0. The highest BCUT2D eigenvalue weighted by atomic mass is 16.2. The molecule has 2 rings (SSSR count). The van der Waals surface area contributed by atoms with Crippen LogP contribution in [0.1, 0.15) is 19.8 Å². The van der Waals surface area contributed by atoms with Crippen LogP contribution in [-0.4, -0.2) is 73.5 Å². The van der Waals surface area contributed by atoms with E-state index in [1.54, 1.807) is 0 Å². The third-order valence-corrected chi connectivity index (χ3v) is 3.79. The lowest BCUT2D eigenvalue weighted by molar-refractivity contribution is -0.135. The Labute approximate surface area is 114 Å². The van der Waals surface area contributed by atoms with Crippen molar-refractivity contribution in [2.45, 2.75) is 25.8 Å². The molecule has 2 N–H and O–H groups in total. The minimum Gasteiger partial charge on any atom is -0.355 e. The fraction of sp³-hybridized carbons (Fsp3) is 0.846. The summed E-state index contributed by atoms with van der Waals surface area (Å²) < 4.78 is 0. The molecule has 0 spiro atoms. The van der Waals surface area contributed by atoms with Crippen molar-refractivity contribution in [3.8, 4) is 0 Å². The van der Waals surface area contributed by atoms with Crippen molar-refractivity contribution in [1.82, 2.24) is 20.4 Å². The number of amides is 2. The summed E-state index contributed by atoms with van der Waals surface area (Å²) >= 11 is 0. The van der Waals surface area contributed by atoms with Gasteiger partial charge in [0.15, 0.2) is 0 Å². The minimum absolute atomic E-state index is 0.0785. The third kappa shape index (κ3) is 3.91. The predicted molar refractivity (Wildman–Crippen MR) is 72.7 cm³/mol. The average Bonchev–Trinajstić information content (AvgIpc) is 2.40. The van der Waals surface area contributed by atoms with Gasteiger partial charge in [0.2, 0.25) is 11.8 Å². The van der Waals surface area contributed by atoms with Crippen LogP contribution in [0.2, 0.25) is 0 Å². The summed E-state index contributed by atoms with van der Waals surface area (Å²) in [7, 11) is 0. The second-order valence-electron chi connectivity index (χ2n) is 5.25. The maximum Gasteiger partial charge on any atom is 0.236 e. The molecular formula is C13H24N4O2. The molecule has 0 saturated carbocycles. The molecule has 2 amide bonds. The summed E-state index contributed by atoms with van der Waals surface area (Å²) in [6.45, 7) is 6.94. The molecule has 6 nitrogen and oxygen atoms in total. The van der Waals surface area contributed by atoms with Gasteiger partial charge >= 0.3 is 0 Å². The number of likely N-dealkylation sites (N-methyl/N-ethyl adjacent to an activating group) is 1. The number of piperidine rings is 1. The molecule has 2 aliphatic heterocycles. The Hall–Kier alpha value is -1.14. The van der Waals surface area contributed by atoms with Gasteiger partial charge in [0.25, 0.3) is 0 Å². The van der Waals surface area contributed by atoms with E-state index in [1.807, 2.05) is 11.8 Å².